The number of rotatable bonds is 4. The summed E-state index contributed by atoms with van der Waals surface area (Å²) in [5.41, 5.74) is 8.43. The Balaban J connectivity index is 0.00000225. The van der Waals surface area contributed by atoms with Gasteiger partial charge in [0, 0.05) is 43.1 Å². The average molecular weight is 515 g/mol. The van der Waals surface area contributed by atoms with Gasteiger partial charge in [0.2, 0.25) is 0 Å². The Morgan fingerprint density at radius 3 is 2.43 bits per heavy atom. The molecule has 4 rings (SSSR count). The van der Waals surface area contributed by atoms with Gasteiger partial charge in [0.15, 0.2) is 5.96 Å². The van der Waals surface area contributed by atoms with Crippen LogP contribution in [-0.2, 0) is 6.54 Å². The first-order chi connectivity index (χ1) is 13.2. The quantitative estimate of drug-likeness (QED) is 0.382. The van der Waals surface area contributed by atoms with Gasteiger partial charge in [-0.2, -0.15) is 5.10 Å². The molecule has 1 aromatic heterocycles. The monoisotopic (exact) mass is 514 g/mol. The second-order valence-corrected chi connectivity index (χ2v) is 7.79. The van der Waals surface area contributed by atoms with Gasteiger partial charge in [-0.3, -0.25) is 4.68 Å². The van der Waals surface area contributed by atoms with E-state index < -0.39 is 0 Å². The number of nitrogens with two attached hydrogens (primary N) is 1. The first-order valence-corrected chi connectivity index (χ1v) is 10.2. The number of anilines is 1. The number of hydrogen-bond donors (Lipinski definition) is 1. The van der Waals surface area contributed by atoms with Crippen LogP contribution in [0.1, 0.15) is 37.4 Å². The normalized spacial score (nSPS) is 18.4. The first kappa shape index (κ1) is 21.2. The number of piperazine rings is 1. The molecule has 2 aliphatic rings. The predicted octanol–water partition coefficient (Wildman–Crippen LogP) is 3.91. The zero-order chi connectivity index (χ0) is 18.6. The van der Waals surface area contributed by atoms with Crippen molar-refractivity contribution in [2.45, 2.75) is 38.3 Å². The van der Waals surface area contributed by atoms with Gasteiger partial charge in [-0.25, -0.2) is 4.99 Å². The maximum atomic E-state index is 6.23. The summed E-state index contributed by atoms with van der Waals surface area (Å²) in [6, 6.07) is 10.6. The molecular weight excluding hydrogens is 487 g/mol. The molecule has 0 amide bonds. The van der Waals surface area contributed by atoms with Gasteiger partial charge in [0.05, 0.1) is 18.3 Å². The minimum atomic E-state index is 0. The average Bonchev–Trinajstić information content (AvgIpc) is 3.38. The molecule has 1 aliphatic carbocycles. The van der Waals surface area contributed by atoms with Crippen LogP contribution in [0, 0.1) is 0 Å². The molecule has 0 atom stereocenters. The van der Waals surface area contributed by atoms with Crippen LogP contribution in [0.3, 0.4) is 0 Å². The number of aliphatic imine (C=N–C) groups is 1. The Hall–Kier alpha value is -1.48. The first-order valence-electron chi connectivity index (χ1n) is 9.78. The number of aromatic nitrogens is 2. The SMILES string of the molecule is I.NC(=NCc1ccn(C2CCCC2)n1)N1CCN(c2ccc(Cl)cc2)CC1. The molecule has 1 aliphatic heterocycles. The van der Waals surface area contributed by atoms with Gasteiger partial charge in [-0.05, 0) is 43.2 Å². The van der Waals surface area contributed by atoms with E-state index in [2.05, 4.69) is 49.0 Å². The standard InChI is InChI=1S/C20H27ClN6.HI/c21-16-5-7-18(8-6-16)25-11-13-26(14-12-25)20(22)23-15-17-9-10-27(24-17)19-3-1-2-4-19;/h5-10,19H,1-4,11-15H2,(H2,22,23);1H. The third-order valence-corrected chi connectivity index (χ3v) is 5.81. The summed E-state index contributed by atoms with van der Waals surface area (Å²) in [6.45, 7) is 4.13. The van der Waals surface area contributed by atoms with Crippen molar-refractivity contribution in [1.29, 1.82) is 0 Å². The van der Waals surface area contributed by atoms with Crippen LogP contribution in [0.25, 0.3) is 0 Å². The van der Waals surface area contributed by atoms with Crippen LogP contribution in [0.2, 0.25) is 5.02 Å². The van der Waals surface area contributed by atoms with E-state index in [1.807, 2.05) is 12.1 Å². The molecule has 1 saturated heterocycles. The molecule has 6 nitrogen and oxygen atoms in total. The number of hydrogen-bond acceptors (Lipinski definition) is 3. The van der Waals surface area contributed by atoms with Crippen molar-refractivity contribution in [2.75, 3.05) is 31.1 Å². The zero-order valence-electron chi connectivity index (χ0n) is 16.0. The Kier molecular flexibility index (Phi) is 7.45. The van der Waals surface area contributed by atoms with Gasteiger partial charge >= 0.3 is 0 Å². The lowest BCUT2D eigenvalue weighted by molar-refractivity contribution is 0.380. The van der Waals surface area contributed by atoms with E-state index in [-0.39, 0.29) is 24.0 Å². The molecule has 1 saturated carbocycles. The number of benzene rings is 1. The van der Waals surface area contributed by atoms with Crippen LogP contribution < -0.4 is 10.6 Å². The van der Waals surface area contributed by atoms with Crippen molar-refractivity contribution < 1.29 is 0 Å². The minimum absolute atomic E-state index is 0. The fraction of sp³-hybridized carbons (Fsp3) is 0.500. The summed E-state index contributed by atoms with van der Waals surface area (Å²) in [5.74, 6) is 0.612. The van der Waals surface area contributed by atoms with Crippen LogP contribution in [0.5, 0.6) is 0 Å². The summed E-state index contributed by atoms with van der Waals surface area (Å²) >= 11 is 5.97. The van der Waals surface area contributed by atoms with E-state index in [9.17, 15) is 0 Å². The molecule has 2 heterocycles. The lowest BCUT2D eigenvalue weighted by Crippen LogP contribution is -2.51. The Bertz CT molecular complexity index is 776. The summed E-state index contributed by atoms with van der Waals surface area (Å²) in [5, 5.41) is 5.45. The molecular formula is C20H28ClIN6. The molecule has 2 N–H and O–H groups in total. The highest BCUT2D eigenvalue weighted by atomic mass is 127. The van der Waals surface area contributed by atoms with Gasteiger partial charge in [-0.15, -0.1) is 24.0 Å². The lowest BCUT2D eigenvalue weighted by atomic mass is 10.2. The smallest absolute Gasteiger partial charge is 0.191 e. The van der Waals surface area contributed by atoms with Crippen molar-refractivity contribution >= 4 is 47.2 Å². The predicted molar refractivity (Wildman–Crippen MR) is 126 cm³/mol. The van der Waals surface area contributed by atoms with Gasteiger partial charge in [0.1, 0.15) is 0 Å². The van der Waals surface area contributed by atoms with Crippen LogP contribution >= 0.6 is 35.6 Å². The highest BCUT2D eigenvalue weighted by molar-refractivity contribution is 14.0. The third kappa shape index (κ3) is 5.11. The van der Waals surface area contributed by atoms with E-state index in [0.717, 1.165) is 36.9 Å². The molecule has 28 heavy (non-hydrogen) atoms. The Morgan fingerprint density at radius 2 is 1.75 bits per heavy atom. The van der Waals surface area contributed by atoms with Crippen molar-refractivity contribution in [2.24, 2.45) is 10.7 Å². The van der Waals surface area contributed by atoms with Crippen LogP contribution in [-0.4, -0.2) is 46.8 Å². The van der Waals surface area contributed by atoms with Gasteiger partial charge < -0.3 is 15.5 Å². The van der Waals surface area contributed by atoms with E-state index in [4.69, 9.17) is 17.3 Å². The molecule has 2 fully saturated rings. The largest absolute Gasteiger partial charge is 0.370 e. The Morgan fingerprint density at radius 1 is 1.07 bits per heavy atom. The molecule has 0 spiro atoms. The highest BCUT2D eigenvalue weighted by Gasteiger charge is 2.19. The van der Waals surface area contributed by atoms with E-state index in [1.165, 1.54) is 31.4 Å². The maximum absolute atomic E-state index is 6.23. The van der Waals surface area contributed by atoms with Crippen molar-refractivity contribution in [3.63, 3.8) is 0 Å². The summed E-state index contributed by atoms with van der Waals surface area (Å²) in [6.07, 6.45) is 7.19. The van der Waals surface area contributed by atoms with Crippen molar-refractivity contribution in [1.82, 2.24) is 14.7 Å². The second-order valence-electron chi connectivity index (χ2n) is 7.35. The van der Waals surface area contributed by atoms with E-state index in [0.29, 0.717) is 18.5 Å². The molecule has 0 bridgehead atoms. The second kappa shape index (κ2) is 9.82. The molecule has 1 aromatic carbocycles. The van der Waals surface area contributed by atoms with E-state index in [1.54, 1.807) is 0 Å². The third-order valence-electron chi connectivity index (χ3n) is 5.56. The fourth-order valence-corrected chi connectivity index (χ4v) is 4.07. The van der Waals surface area contributed by atoms with Gasteiger partial charge in [0.25, 0.3) is 0 Å². The number of guanidine groups is 1. The Labute approximate surface area is 188 Å². The van der Waals surface area contributed by atoms with E-state index >= 15 is 0 Å². The van der Waals surface area contributed by atoms with Gasteiger partial charge in [-0.1, -0.05) is 24.4 Å². The highest BCUT2D eigenvalue weighted by Crippen LogP contribution is 2.28. The number of halogens is 2. The maximum Gasteiger partial charge on any atom is 0.191 e. The number of nitrogens with zero attached hydrogens (tertiary/aromatic N) is 5. The summed E-state index contributed by atoms with van der Waals surface area (Å²) in [4.78, 5) is 9.08. The minimum Gasteiger partial charge on any atom is -0.370 e. The molecule has 8 heteroatoms. The summed E-state index contributed by atoms with van der Waals surface area (Å²) < 4.78 is 2.11. The molecule has 152 valence electrons. The zero-order valence-corrected chi connectivity index (χ0v) is 19.1. The summed E-state index contributed by atoms with van der Waals surface area (Å²) in [7, 11) is 0. The van der Waals surface area contributed by atoms with Crippen LogP contribution in [0.15, 0.2) is 41.5 Å². The fourth-order valence-electron chi connectivity index (χ4n) is 3.94. The molecule has 0 radical (unpaired) electrons. The molecule has 0 unspecified atom stereocenters. The van der Waals surface area contributed by atoms with Crippen molar-refractivity contribution in [3.8, 4) is 0 Å². The molecule has 2 aromatic rings. The topological polar surface area (TPSA) is 62.7 Å². The van der Waals surface area contributed by atoms with Crippen molar-refractivity contribution in [3.05, 3.63) is 47.2 Å². The van der Waals surface area contributed by atoms with Crippen LogP contribution in [0.4, 0.5) is 5.69 Å². The lowest BCUT2D eigenvalue weighted by Gasteiger charge is -2.36.